The smallest absolute Gasteiger partial charge is 0.282 e. The lowest BCUT2D eigenvalue weighted by molar-refractivity contribution is -0.386. The summed E-state index contributed by atoms with van der Waals surface area (Å²) >= 11 is 4.77. The van der Waals surface area contributed by atoms with Crippen molar-refractivity contribution in [2.24, 2.45) is 0 Å². The Balaban J connectivity index is 1.70. The van der Waals surface area contributed by atoms with Crippen molar-refractivity contribution in [3.8, 4) is 28.6 Å². The van der Waals surface area contributed by atoms with Gasteiger partial charge in [-0.1, -0.05) is 27.7 Å². The van der Waals surface area contributed by atoms with Gasteiger partial charge in [0.05, 0.1) is 16.6 Å². The molecule has 12 heteroatoms. The van der Waals surface area contributed by atoms with Crippen LogP contribution in [0, 0.1) is 10.1 Å². The van der Waals surface area contributed by atoms with Gasteiger partial charge in [0, 0.05) is 15.7 Å². The van der Waals surface area contributed by atoms with Gasteiger partial charge in [-0.25, -0.2) is 0 Å². The Bertz CT molecular complexity index is 1190. The van der Waals surface area contributed by atoms with Gasteiger partial charge in [-0.3, -0.25) is 10.1 Å². The molecule has 1 unspecified atom stereocenters. The SMILES string of the molecule is CSc1nnc2c(n1)OC(c1cc3c(cc1[N+](=O)[O-])OCO3)Nc1ccc(Br)cc1-2. The van der Waals surface area contributed by atoms with Crippen LogP contribution in [0.3, 0.4) is 0 Å². The third-order valence-electron chi connectivity index (χ3n) is 4.57. The Morgan fingerprint density at radius 3 is 2.80 bits per heavy atom. The van der Waals surface area contributed by atoms with E-state index in [2.05, 4.69) is 36.4 Å². The van der Waals surface area contributed by atoms with Crippen LogP contribution in [-0.2, 0) is 0 Å². The lowest BCUT2D eigenvalue weighted by Gasteiger charge is -2.19. The Kier molecular flexibility index (Phi) is 4.59. The number of aromatic nitrogens is 3. The van der Waals surface area contributed by atoms with Crippen molar-refractivity contribution in [2.45, 2.75) is 11.4 Å². The second-order valence-electron chi connectivity index (χ2n) is 6.31. The molecule has 0 spiro atoms. The number of nitro groups is 1. The first-order chi connectivity index (χ1) is 14.5. The monoisotopic (exact) mass is 489 g/mol. The van der Waals surface area contributed by atoms with Crippen LogP contribution in [0.15, 0.2) is 40.0 Å². The first kappa shape index (κ1) is 18.9. The maximum Gasteiger partial charge on any atom is 0.282 e. The summed E-state index contributed by atoms with van der Waals surface area (Å²) in [7, 11) is 0. The zero-order chi connectivity index (χ0) is 20.8. The van der Waals surface area contributed by atoms with Gasteiger partial charge in [0.2, 0.25) is 24.1 Å². The molecule has 0 bridgehead atoms. The highest BCUT2D eigenvalue weighted by Crippen LogP contribution is 2.45. The molecule has 2 aliphatic rings. The van der Waals surface area contributed by atoms with Gasteiger partial charge in [-0.15, -0.1) is 10.2 Å². The van der Waals surface area contributed by atoms with E-state index < -0.39 is 11.2 Å². The minimum absolute atomic E-state index is 0.00279. The molecule has 1 atom stereocenters. The fourth-order valence-electron chi connectivity index (χ4n) is 3.21. The fourth-order valence-corrected chi connectivity index (χ4v) is 3.87. The van der Waals surface area contributed by atoms with E-state index in [0.29, 0.717) is 33.6 Å². The predicted octanol–water partition coefficient (Wildman–Crippen LogP) is 4.16. The minimum Gasteiger partial charge on any atom is -0.454 e. The van der Waals surface area contributed by atoms with E-state index in [9.17, 15) is 10.1 Å². The van der Waals surface area contributed by atoms with Gasteiger partial charge in [0.1, 0.15) is 0 Å². The molecule has 2 aromatic carbocycles. The summed E-state index contributed by atoms with van der Waals surface area (Å²) in [4.78, 5) is 15.7. The number of hydrogen-bond donors (Lipinski definition) is 1. The normalized spacial score (nSPS) is 16.0. The van der Waals surface area contributed by atoms with Gasteiger partial charge < -0.3 is 19.5 Å². The summed E-state index contributed by atoms with van der Waals surface area (Å²) in [6.07, 6.45) is 0.899. The first-order valence-electron chi connectivity index (χ1n) is 8.63. The van der Waals surface area contributed by atoms with E-state index in [1.54, 1.807) is 6.07 Å². The number of nitrogens with zero attached hydrogens (tertiary/aromatic N) is 4. The number of halogens is 1. The quantitative estimate of drug-likeness (QED) is 0.325. The van der Waals surface area contributed by atoms with Gasteiger partial charge in [0.15, 0.2) is 17.2 Å². The number of anilines is 1. The van der Waals surface area contributed by atoms with E-state index in [1.807, 2.05) is 24.5 Å². The summed E-state index contributed by atoms with van der Waals surface area (Å²) in [5.74, 6) is 0.945. The van der Waals surface area contributed by atoms with Crippen LogP contribution in [0.4, 0.5) is 11.4 Å². The molecular weight excluding hydrogens is 478 g/mol. The minimum atomic E-state index is -0.924. The highest BCUT2D eigenvalue weighted by atomic mass is 79.9. The Labute approximate surface area is 182 Å². The van der Waals surface area contributed by atoms with E-state index in [4.69, 9.17) is 14.2 Å². The molecule has 5 rings (SSSR count). The Hall–Kier alpha value is -3.12. The average molecular weight is 490 g/mol. The molecule has 152 valence electrons. The molecule has 1 N–H and O–H groups in total. The van der Waals surface area contributed by atoms with Crippen LogP contribution < -0.4 is 19.5 Å². The number of hydrogen-bond acceptors (Lipinski definition) is 10. The number of thioether (sulfide) groups is 1. The summed E-state index contributed by atoms with van der Waals surface area (Å²) in [6.45, 7) is 0.00279. The molecule has 0 aliphatic carbocycles. The maximum atomic E-state index is 11.8. The maximum absolute atomic E-state index is 11.8. The Morgan fingerprint density at radius 2 is 2.03 bits per heavy atom. The molecule has 1 aromatic heterocycles. The van der Waals surface area contributed by atoms with Gasteiger partial charge in [-0.05, 0) is 30.5 Å². The highest BCUT2D eigenvalue weighted by Gasteiger charge is 2.33. The molecule has 10 nitrogen and oxygen atoms in total. The average Bonchev–Trinajstić information content (AvgIpc) is 3.14. The second kappa shape index (κ2) is 7.29. The predicted molar refractivity (Wildman–Crippen MR) is 111 cm³/mol. The summed E-state index contributed by atoms with van der Waals surface area (Å²) < 4.78 is 17.6. The number of ether oxygens (including phenoxy) is 3. The molecule has 3 heterocycles. The molecule has 3 aromatic rings. The van der Waals surface area contributed by atoms with Crippen molar-refractivity contribution < 1.29 is 19.1 Å². The van der Waals surface area contributed by atoms with Crippen molar-refractivity contribution in [2.75, 3.05) is 18.4 Å². The van der Waals surface area contributed by atoms with Crippen LogP contribution >= 0.6 is 27.7 Å². The molecule has 30 heavy (non-hydrogen) atoms. The van der Waals surface area contributed by atoms with Gasteiger partial charge in [0.25, 0.3) is 5.69 Å². The second-order valence-corrected chi connectivity index (χ2v) is 7.99. The molecular formula is C18H12BrN5O5S. The van der Waals surface area contributed by atoms with Crippen molar-refractivity contribution in [3.63, 3.8) is 0 Å². The number of nitrogens with one attached hydrogen (secondary N) is 1. The summed E-state index contributed by atoms with van der Waals surface area (Å²) in [5.41, 5.74) is 1.92. The zero-order valence-electron chi connectivity index (χ0n) is 15.3. The van der Waals surface area contributed by atoms with Crippen molar-refractivity contribution in [1.29, 1.82) is 0 Å². The largest absolute Gasteiger partial charge is 0.454 e. The van der Waals surface area contributed by atoms with Crippen molar-refractivity contribution in [3.05, 3.63) is 50.5 Å². The molecule has 0 fully saturated rings. The third-order valence-corrected chi connectivity index (χ3v) is 5.60. The number of fused-ring (bicyclic) bond motifs is 4. The lowest BCUT2D eigenvalue weighted by atomic mass is 10.1. The molecule has 0 amide bonds. The Morgan fingerprint density at radius 1 is 1.23 bits per heavy atom. The first-order valence-corrected chi connectivity index (χ1v) is 10.6. The van der Waals surface area contributed by atoms with Crippen LogP contribution in [-0.4, -0.2) is 33.2 Å². The molecule has 0 saturated carbocycles. The lowest BCUT2D eigenvalue weighted by Crippen LogP contribution is -2.18. The van der Waals surface area contributed by atoms with E-state index in [1.165, 1.54) is 17.8 Å². The molecule has 2 aliphatic heterocycles. The van der Waals surface area contributed by atoms with Crippen molar-refractivity contribution in [1.82, 2.24) is 15.2 Å². The van der Waals surface area contributed by atoms with E-state index >= 15 is 0 Å². The van der Waals surface area contributed by atoms with E-state index in [0.717, 1.165) is 4.47 Å². The van der Waals surface area contributed by atoms with Gasteiger partial charge in [-0.2, -0.15) is 4.98 Å². The number of benzene rings is 2. The van der Waals surface area contributed by atoms with Crippen LogP contribution in [0.5, 0.6) is 17.4 Å². The summed E-state index contributed by atoms with van der Waals surface area (Å²) in [6, 6.07) is 8.41. The molecule has 0 radical (unpaired) electrons. The van der Waals surface area contributed by atoms with Crippen LogP contribution in [0.2, 0.25) is 0 Å². The number of rotatable bonds is 3. The topological polar surface area (TPSA) is 122 Å². The third kappa shape index (κ3) is 3.17. The van der Waals surface area contributed by atoms with E-state index in [-0.39, 0.29) is 23.9 Å². The standard InChI is InChI=1S/C18H12BrN5O5S/c1-30-18-21-17-15(22-23-18)9-4-8(19)2-3-11(9)20-16(29-17)10-5-13-14(28-7-27-13)6-12(10)24(25)26/h2-6,16,20H,7H2,1H3. The van der Waals surface area contributed by atoms with Crippen LogP contribution in [0.1, 0.15) is 11.8 Å². The van der Waals surface area contributed by atoms with Crippen LogP contribution in [0.25, 0.3) is 11.3 Å². The summed E-state index contributed by atoms with van der Waals surface area (Å²) in [5, 5.41) is 23.8. The van der Waals surface area contributed by atoms with Gasteiger partial charge >= 0.3 is 0 Å². The number of nitro benzene ring substituents is 1. The van der Waals surface area contributed by atoms with Crippen molar-refractivity contribution >= 4 is 39.1 Å². The highest BCUT2D eigenvalue weighted by molar-refractivity contribution is 9.10. The zero-order valence-corrected chi connectivity index (χ0v) is 17.7. The molecule has 0 saturated heterocycles. The fraction of sp³-hybridized carbons (Fsp3) is 0.167.